The van der Waals surface area contributed by atoms with E-state index >= 15 is 0 Å². The van der Waals surface area contributed by atoms with Crippen LogP contribution in [-0.2, 0) is 19.5 Å². The molecular weight excluding hydrogens is 215 g/mol. The Morgan fingerprint density at radius 2 is 0.800 bits per heavy atom. The van der Waals surface area contributed by atoms with Crippen LogP contribution in [0.3, 0.4) is 0 Å². The molecule has 61 valence electrons. The van der Waals surface area contributed by atoms with Crippen molar-refractivity contribution in [3.05, 3.63) is 24.3 Å². The average Bonchev–Trinajstić information content (AvgIpc) is 1.62. The summed E-state index contributed by atoms with van der Waals surface area (Å²) in [5.74, 6) is 0. The molecule has 2 heteroatoms. The van der Waals surface area contributed by atoms with Gasteiger partial charge in [0.2, 0.25) is 0 Å². The van der Waals surface area contributed by atoms with Gasteiger partial charge in [-0.15, -0.1) is 0 Å². The van der Waals surface area contributed by atoms with Crippen molar-refractivity contribution in [1.82, 2.24) is 0 Å². The van der Waals surface area contributed by atoms with E-state index in [1.807, 2.05) is 0 Å². The van der Waals surface area contributed by atoms with Gasteiger partial charge in [0, 0.05) is 19.5 Å². The Kier molecular flexibility index (Phi) is 11.5. The number of hydrogen-bond donors (Lipinski definition) is 0. The summed E-state index contributed by atoms with van der Waals surface area (Å²) in [6.45, 7) is 0. The minimum Gasteiger partial charge on any atom is -0.412 e. The van der Waals surface area contributed by atoms with Gasteiger partial charge in [-0.05, 0) is 25.7 Å². The molecule has 0 aromatic carbocycles. The summed E-state index contributed by atoms with van der Waals surface area (Å²) in [5.41, 5.74) is 0. The van der Waals surface area contributed by atoms with Crippen molar-refractivity contribution in [2.24, 2.45) is 0 Å². The molecule has 2 N–H and O–H groups in total. The van der Waals surface area contributed by atoms with Gasteiger partial charge in [-0.3, -0.25) is 0 Å². The Morgan fingerprint density at radius 3 is 1.00 bits per heavy atom. The Balaban J connectivity index is 0. The molecule has 1 radical (unpaired) electrons. The fraction of sp³-hybridized carbons (Fsp3) is 0.500. The van der Waals surface area contributed by atoms with E-state index in [9.17, 15) is 0 Å². The average molecular weight is 229 g/mol. The van der Waals surface area contributed by atoms with Gasteiger partial charge in [0.1, 0.15) is 0 Å². The van der Waals surface area contributed by atoms with Crippen molar-refractivity contribution in [3.63, 3.8) is 0 Å². The van der Waals surface area contributed by atoms with E-state index in [4.69, 9.17) is 0 Å². The van der Waals surface area contributed by atoms with Gasteiger partial charge in [0.25, 0.3) is 0 Å². The monoisotopic (exact) mass is 229 g/mol. The maximum absolute atomic E-state index is 2.27. The van der Waals surface area contributed by atoms with Crippen LogP contribution in [0.25, 0.3) is 0 Å². The Morgan fingerprint density at radius 1 is 0.600 bits per heavy atom. The molecule has 0 amide bonds. The van der Waals surface area contributed by atoms with Crippen molar-refractivity contribution < 1.29 is 25.0 Å². The summed E-state index contributed by atoms with van der Waals surface area (Å²) >= 11 is 0. The fourth-order valence-electron chi connectivity index (χ4n) is 0.856. The van der Waals surface area contributed by atoms with Crippen LogP contribution in [0.15, 0.2) is 24.3 Å². The molecule has 0 heterocycles. The first-order valence-electron chi connectivity index (χ1n) is 3.30. The molecule has 1 aliphatic carbocycles. The van der Waals surface area contributed by atoms with E-state index in [0.717, 1.165) is 0 Å². The summed E-state index contributed by atoms with van der Waals surface area (Å²) < 4.78 is 0. The summed E-state index contributed by atoms with van der Waals surface area (Å²) in [4.78, 5) is 0. The Hall–Kier alpha value is 0.0634. The molecule has 0 atom stereocenters. The first kappa shape index (κ1) is 12.7. The molecule has 1 rings (SSSR count). The van der Waals surface area contributed by atoms with Gasteiger partial charge < -0.3 is 5.48 Å². The van der Waals surface area contributed by atoms with Crippen LogP contribution in [0.5, 0.6) is 0 Å². The normalized spacial score (nSPS) is 19.2. The smallest absolute Gasteiger partial charge is 0 e. The molecule has 0 aromatic rings. The van der Waals surface area contributed by atoms with Crippen LogP contribution in [0.1, 0.15) is 25.7 Å². The predicted octanol–water partition coefficient (Wildman–Crippen LogP) is 1.85. The van der Waals surface area contributed by atoms with E-state index < -0.39 is 0 Å². The van der Waals surface area contributed by atoms with Crippen molar-refractivity contribution in [2.75, 3.05) is 0 Å². The third-order valence-electron chi connectivity index (χ3n) is 1.33. The summed E-state index contributed by atoms with van der Waals surface area (Å²) in [6, 6.07) is 0. The van der Waals surface area contributed by atoms with Crippen molar-refractivity contribution in [3.8, 4) is 0 Å². The van der Waals surface area contributed by atoms with Gasteiger partial charge in [0.15, 0.2) is 0 Å². The van der Waals surface area contributed by atoms with Gasteiger partial charge in [0.05, 0.1) is 0 Å². The SMILES string of the molecule is C1=CCC/C=C\CC1.O.[Rh]. The summed E-state index contributed by atoms with van der Waals surface area (Å²) in [5, 5.41) is 0. The van der Waals surface area contributed by atoms with Crippen LogP contribution in [0, 0.1) is 0 Å². The molecule has 0 unspecified atom stereocenters. The molecule has 10 heavy (non-hydrogen) atoms. The largest absolute Gasteiger partial charge is 0.412 e. The van der Waals surface area contributed by atoms with Crippen molar-refractivity contribution in [1.29, 1.82) is 0 Å². The number of rotatable bonds is 0. The topological polar surface area (TPSA) is 31.5 Å². The number of hydrogen-bond acceptors (Lipinski definition) is 0. The van der Waals surface area contributed by atoms with Gasteiger partial charge in [-0.25, -0.2) is 0 Å². The first-order chi connectivity index (χ1) is 4.00. The van der Waals surface area contributed by atoms with Gasteiger partial charge in [-0.2, -0.15) is 0 Å². The van der Waals surface area contributed by atoms with Crippen molar-refractivity contribution >= 4 is 0 Å². The minimum atomic E-state index is 0. The van der Waals surface area contributed by atoms with Gasteiger partial charge >= 0.3 is 0 Å². The van der Waals surface area contributed by atoms with Crippen LogP contribution in [-0.4, -0.2) is 5.48 Å². The second-order valence-corrected chi connectivity index (χ2v) is 2.10. The third kappa shape index (κ3) is 6.19. The summed E-state index contributed by atoms with van der Waals surface area (Å²) in [6.07, 6.45) is 14.0. The van der Waals surface area contributed by atoms with Gasteiger partial charge in [-0.1, -0.05) is 24.3 Å². The molecule has 0 spiro atoms. The van der Waals surface area contributed by atoms with Crippen LogP contribution in [0.4, 0.5) is 0 Å². The van der Waals surface area contributed by atoms with Crippen LogP contribution >= 0.6 is 0 Å². The van der Waals surface area contributed by atoms with E-state index in [1.165, 1.54) is 25.7 Å². The predicted molar refractivity (Wildman–Crippen MR) is 40.4 cm³/mol. The molecule has 0 saturated heterocycles. The quantitative estimate of drug-likeness (QED) is 0.448. The van der Waals surface area contributed by atoms with E-state index in [0.29, 0.717) is 0 Å². The Bertz CT molecular complexity index is 81.8. The van der Waals surface area contributed by atoms with Crippen LogP contribution in [0.2, 0.25) is 0 Å². The van der Waals surface area contributed by atoms with E-state index in [-0.39, 0.29) is 25.0 Å². The molecule has 0 fully saturated rings. The molecule has 0 bridgehead atoms. The molecule has 0 aliphatic heterocycles. The fourth-order valence-corrected chi connectivity index (χ4v) is 0.856. The summed E-state index contributed by atoms with van der Waals surface area (Å²) in [7, 11) is 0. The minimum absolute atomic E-state index is 0. The molecule has 1 aliphatic rings. The zero-order valence-corrected chi connectivity index (χ0v) is 7.61. The maximum atomic E-state index is 2.27. The second-order valence-electron chi connectivity index (χ2n) is 2.10. The standard InChI is InChI=1S/C8H12.H2O.Rh/c1-2-4-6-8-7-5-3-1;;/h1-2,7-8H,3-6H2;1H2;/b2-1-,8-7?;;. The molecular formula is C8H14ORh. The third-order valence-corrected chi connectivity index (χ3v) is 1.33. The maximum Gasteiger partial charge on any atom is 0 e. The van der Waals surface area contributed by atoms with E-state index in [2.05, 4.69) is 24.3 Å². The molecule has 0 aromatic heterocycles. The van der Waals surface area contributed by atoms with Crippen LogP contribution < -0.4 is 0 Å². The molecule has 0 saturated carbocycles. The first-order valence-corrected chi connectivity index (χ1v) is 3.30. The van der Waals surface area contributed by atoms with Crippen molar-refractivity contribution in [2.45, 2.75) is 25.7 Å². The van der Waals surface area contributed by atoms with E-state index in [1.54, 1.807) is 0 Å². The Labute approximate surface area is 75.3 Å². The zero-order chi connectivity index (χ0) is 5.66. The molecule has 1 nitrogen and oxygen atoms in total. The zero-order valence-electron chi connectivity index (χ0n) is 5.97. The second kappa shape index (κ2) is 9.06. The number of allylic oxidation sites excluding steroid dienone is 4.